The van der Waals surface area contributed by atoms with Crippen LogP contribution in [0.25, 0.3) is 11.2 Å². The van der Waals surface area contributed by atoms with Crippen molar-refractivity contribution in [3.05, 3.63) is 40.3 Å². The van der Waals surface area contributed by atoms with Gasteiger partial charge in [-0.25, -0.2) is 4.98 Å². The second kappa shape index (κ2) is 6.03. The fourth-order valence-corrected chi connectivity index (χ4v) is 3.36. The number of aryl methyl sites for hydroxylation is 1. The Labute approximate surface area is 132 Å². The maximum Gasteiger partial charge on any atom is 0.215 e. The number of thiophene rings is 1. The molecule has 0 saturated carbocycles. The lowest BCUT2D eigenvalue weighted by Crippen LogP contribution is -2.11. The van der Waals surface area contributed by atoms with Crippen LogP contribution in [0.4, 0.5) is 0 Å². The number of halogens is 1. The summed E-state index contributed by atoms with van der Waals surface area (Å²) in [5, 5.41) is 4.24. The molecule has 0 aliphatic carbocycles. The van der Waals surface area contributed by atoms with E-state index in [4.69, 9.17) is 16.3 Å². The molecule has 4 nitrogen and oxygen atoms in total. The first kappa shape index (κ1) is 14.4. The number of rotatable bonds is 5. The van der Waals surface area contributed by atoms with Crippen LogP contribution in [-0.2, 0) is 6.42 Å². The molecule has 110 valence electrons. The molecule has 1 unspecified atom stereocenters. The fourth-order valence-electron chi connectivity index (χ4n) is 2.45. The van der Waals surface area contributed by atoms with Gasteiger partial charge < -0.3 is 9.30 Å². The Hall–Kier alpha value is -1.59. The molecule has 3 aromatic heterocycles. The van der Waals surface area contributed by atoms with Crippen LogP contribution in [-0.4, -0.2) is 27.5 Å². The lowest BCUT2D eigenvalue weighted by Gasteiger charge is -2.16. The van der Waals surface area contributed by atoms with Crippen molar-refractivity contribution in [1.82, 2.24) is 14.5 Å². The van der Waals surface area contributed by atoms with E-state index in [1.165, 1.54) is 5.56 Å². The Balaban J connectivity index is 2.18. The molecular weight excluding hydrogens is 306 g/mol. The Morgan fingerprint density at radius 2 is 2.19 bits per heavy atom. The minimum absolute atomic E-state index is 0.166. The smallest absolute Gasteiger partial charge is 0.215 e. The quantitative estimate of drug-likeness (QED) is 0.669. The van der Waals surface area contributed by atoms with Crippen molar-refractivity contribution in [2.24, 2.45) is 0 Å². The van der Waals surface area contributed by atoms with E-state index in [-0.39, 0.29) is 6.04 Å². The van der Waals surface area contributed by atoms with Crippen LogP contribution >= 0.6 is 22.9 Å². The molecular formula is C15H16ClN3OS. The number of alkyl halides is 1. The molecule has 0 amide bonds. The molecule has 0 radical (unpaired) electrons. The fraction of sp³-hybridized carbons (Fsp3) is 0.333. The first-order valence-electron chi connectivity index (χ1n) is 6.74. The Morgan fingerprint density at radius 3 is 2.86 bits per heavy atom. The predicted octanol–water partition coefficient (Wildman–Crippen LogP) is 3.89. The third-order valence-corrected chi connectivity index (χ3v) is 4.42. The number of imidazole rings is 1. The number of pyridine rings is 1. The monoisotopic (exact) mass is 321 g/mol. The summed E-state index contributed by atoms with van der Waals surface area (Å²) in [6, 6.07) is 6.07. The van der Waals surface area contributed by atoms with Crippen molar-refractivity contribution in [3.8, 4) is 5.88 Å². The lowest BCUT2D eigenvalue weighted by atomic mass is 10.2. The highest BCUT2D eigenvalue weighted by Crippen LogP contribution is 2.28. The van der Waals surface area contributed by atoms with Gasteiger partial charge >= 0.3 is 0 Å². The molecule has 6 heteroatoms. The highest BCUT2D eigenvalue weighted by Gasteiger charge is 2.18. The van der Waals surface area contributed by atoms with Crippen LogP contribution < -0.4 is 4.74 Å². The number of fused-ring (bicyclic) bond motifs is 1. The van der Waals surface area contributed by atoms with Crippen molar-refractivity contribution < 1.29 is 4.74 Å². The van der Waals surface area contributed by atoms with Gasteiger partial charge in [-0.2, -0.15) is 16.3 Å². The molecule has 0 fully saturated rings. The van der Waals surface area contributed by atoms with E-state index < -0.39 is 0 Å². The topological polar surface area (TPSA) is 39.9 Å². The van der Waals surface area contributed by atoms with E-state index in [2.05, 4.69) is 38.3 Å². The van der Waals surface area contributed by atoms with E-state index in [1.54, 1.807) is 18.4 Å². The average Bonchev–Trinajstić information content (AvgIpc) is 3.13. The van der Waals surface area contributed by atoms with Crippen LogP contribution in [0, 0.1) is 0 Å². The van der Waals surface area contributed by atoms with Crippen molar-refractivity contribution in [2.45, 2.75) is 19.4 Å². The average molecular weight is 322 g/mol. The summed E-state index contributed by atoms with van der Waals surface area (Å²) in [4.78, 5) is 9.24. The first-order chi connectivity index (χ1) is 10.2. The third kappa shape index (κ3) is 2.63. The summed E-state index contributed by atoms with van der Waals surface area (Å²) < 4.78 is 7.40. The number of hydrogen-bond acceptors (Lipinski definition) is 4. The first-order valence-corrected chi connectivity index (χ1v) is 8.22. The van der Waals surface area contributed by atoms with Crippen LogP contribution in [0.2, 0.25) is 0 Å². The van der Waals surface area contributed by atoms with E-state index in [1.807, 2.05) is 12.1 Å². The molecule has 0 saturated heterocycles. The summed E-state index contributed by atoms with van der Waals surface area (Å²) in [5.74, 6) is 2.09. The Bertz CT molecular complexity index is 739. The van der Waals surface area contributed by atoms with E-state index >= 15 is 0 Å². The zero-order valence-electron chi connectivity index (χ0n) is 11.9. The van der Waals surface area contributed by atoms with Gasteiger partial charge in [0.05, 0.1) is 13.2 Å². The van der Waals surface area contributed by atoms with Crippen LogP contribution in [0.15, 0.2) is 29.0 Å². The van der Waals surface area contributed by atoms with Crippen molar-refractivity contribution in [1.29, 1.82) is 0 Å². The SMILES string of the molecule is COc1ccc2nc(CCCl)n(C(C)c3ccsc3)c2n1. The molecule has 0 aromatic carbocycles. The summed E-state index contributed by atoms with van der Waals surface area (Å²) in [6.07, 6.45) is 0.717. The Kier molecular flexibility index (Phi) is 4.12. The van der Waals surface area contributed by atoms with Gasteiger partial charge in [0.15, 0.2) is 5.65 Å². The van der Waals surface area contributed by atoms with Gasteiger partial charge in [-0.3, -0.25) is 0 Å². The number of aromatic nitrogens is 3. The van der Waals surface area contributed by atoms with E-state index in [0.717, 1.165) is 17.0 Å². The van der Waals surface area contributed by atoms with Gasteiger partial charge in [0.2, 0.25) is 5.88 Å². The largest absolute Gasteiger partial charge is 0.481 e. The van der Waals surface area contributed by atoms with Gasteiger partial charge in [-0.05, 0) is 35.4 Å². The minimum Gasteiger partial charge on any atom is -0.481 e. The van der Waals surface area contributed by atoms with Crippen LogP contribution in [0.5, 0.6) is 5.88 Å². The molecule has 0 bridgehead atoms. The lowest BCUT2D eigenvalue weighted by molar-refractivity contribution is 0.398. The molecule has 0 aliphatic rings. The minimum atomic E-state index is 0.166. The molecule has 0 aliphatic heterocycles. The highest BCUT2D eigenvalue weighted by atomic mass is 35.5. The van der Waals surface area contributed by atoms with E-state index in [9.17, 15) is 0 Å². The number of nitrogens with zero attached hydrogens (tertiary/aromatic N) is 3. The van der Waals surface area contributed by atoms with Gasteiger partial charge in [0.25, 0.3) is 0 Å². The number of hydrogen-bond donors (Lipinski definition) is 0. The molecule has 3 aromatic rings. The third-order valence-electron chi connectivity index (χ3n) is 3.52. The zero-order valence-corrected chi connectivity index (χ0v) is 13.5. The molecule has 3 rings (SSSR count). The van der Waals surface area contributed by atoms with Gasteiger partial charge in [0.1, 0.15) is 11.3 Å². The van der Waals surface area contributed by atoms with Crippen molar-refractivity contribution in [2.75, 3.05) is 13.0 Å². The molecule has 1 atom stereocenters. The van der Waals surface area contributed by atoms with Gasteiger partial charge in [-0.1, -0.05) is 0 Å². The van der Waals surface area contributed by atoms with Gasteiger partial charge in [0, 0.05) is 18.4 Å². The Morgan fingerprint density at radius 1 is 1.33 bits per heavy atom. The highest BCUT2D eigenvalue weighted by molar-refractivity contribution is 7.07. The van der Waals surface area contributed by atoms with Crippen molar-refractivity contribution >= 4 is 34.1 Å². The van der Waals surface area contributed by atoms with Crippen LogP contribution in [0.1, 0.15) is 24.4 Å². The maximum absolute atomic E-state index is 5.93. The summed E-state index contributed by atoms with van der Waals surface area (Å²) >= 11 is 7.62. The standard InChI is InChI=1S/C15H16ClN3OS/c1-10(11-6-8-21-9-11)19-13(5-7-16)17-12-3-4-14(20-2)18-15(12)19/h3-4,6,8-10H,5,7H2,1-2H3. The van der Waals surface area contributed by atoms with Gasteiger partial charge in [-0.15, -0.1) is 11.6 Å². The molecule has 21 heavy (non-hydrogen) atoms. The summed E-state index contributed by atoms with van der Waals surface area (Å²) in [5.41, 5.74) is 2.96. The molecule has 0 spiro atoms. The maximum atomic E-state index is 5.93. The van der Waals surface area contributed by atoms with E-state index in [0.29, 0.717) is 18.2 Å². The predicted molar refractivity (Wildman–Crippen MR) is 86.6 cm³/mol. The van der Waals surface area contributed by atoms with Crippen molar-refractivity contribution in [3.63, 3.8) is 0 Å². The number of ether oxygens (including phenoxy) is 1. The summed E-state index contributed by atoms with van der Waals surface area (Å²) in [7, 11) is 1.62. The zero-order chi connectivity index (χ0) is 14.8. The second-order valence-corrected chi connectivity index (χ2v) is 5.92. The van der Waals surface area contributed by atoms with Crippen LogP contribution in [0.3, 0.4) is 0 Å². The second-order valence-electron chi connectivity index (χ2n) is 4.77. The molecule has 0 N–H and O–H groups in total. The summed E-state index contributed by atoms with van der Waals surface area (Å²) in [6.45, 7) is 2.15. The molecule has 3 heterocycles. The number of methoxy groups -OCH3 is 1. The normalized spacial score (nSPS) is 12.7.